The number of hydrogen-bond donors (Lipinski definition) is 0. The molecule has 0 aromatic heterocycles. The van der Waals surface area contributed by atoms with Crippen LogP contribution in [0, 0.1) is 5.92 Å². The average Bonchev–Trinajstić information content (AvgIpc) is 3.58. The average molecular weight is 420 g/mol. The van der Waals surface area contributed by atoms with Crippen molar-refractivity contribution in [1.82, 2.24) is 4.90 Å². The van der Waals surface area contributed by atoms with Crippen molar-refractivity contribution in [2.75, 3.05) is 11.5 Å². The Morgan fingerprint density at radius 3 is 2.32 bits per heavy atom. The van der Waals surface area contributed by atoms with E-state index >= 15 is 0 Å². The lowest BCUT2D eigenvalue weighted by Crippen LogP contribution is -2.45. The number of imide groups is 1. The molecule has 160 valence electrons. The molecular formula is C24H24N2O5. The SMILES string of the molecule is CCOC(=O)c1ccc(N2C(=O)CC(N(Cc3ccccc3)C(=O)C3CC3)C2=O)cc1. The van der Waals surface area contributed by atoms with Crippen LogP contribution >= 0.6 is 0 Å². The zero-order chi connectivity index (χ0) is 22.0. The highest BCUT2D eigenvalue weighted by molar-refractivity contribution is 6.23. The molecule has 0 spiro atoms. The van der Waals surface area contributed by atoms with Crippen molar-refractivity contribution in [3.63, 3.8) is 0 Å². The zero-order valence-corrected chi connectivity index (χ0v) is 17.3. The van der Waals surface area contributed by atoms with Gasteiger partial charge < -0.3 is 9.64 Å². The second kappa shape index (κ2) is 8.71. The van der Waals surface area contributed by atoms with E-state index in [2.05, 4.69) is 0 Å². The largest absolute Gasteiger partial charge is 0.462 e. The molecule has 0 bridgehead atoms. The standard InChI is InChI=1S/C24H24N2O5/c1-2-31-24(30)18-10-12-19(13-11-18)26-21(27)14-20(23(26)29)25(22(28)17-8-9-17)15-16-6-4-3-5-7-16/h3-7,10-13,17,20H,2,8-9,14-15H2,1H3. The van der Waals surface area contributed by atoms with Crippen molar-refractivity contribution in [1.29, 1.82) is 0 Å². The van der Waals surface area contributed by atoms with Crippen LogP contribution in [0.3, 0.4) is 0 Å². The third-order valence-corrected chi connectivity index (χ3v) is 5.54. The van der Waals surface area contributed by atoms with Crippen LogP contribution in [0.2, 0.25) is 0 Å². The summed E-state index contributed by atoms with van der Waals surface area (Å²) in [5.41, 5.74) is 1.63. The van der Waals surface area contributed by atoms with Gasteiger partial charge >= 0.3 is 5.97 Å². The van der Waals surface area contributed by atoms with Gasteiger partial charge in [-0.15, -0.1) is 0 Å². The van der Waals surface area contributed by atoms with Gasteiger partial charge in [0.1, 0.15) is 6.04 Å². The minimum atomic E-state index is -0.828. The fraction of sp³-hybridized carbons (Fsp3) is 0.333. The summed E-state index contributed by atoms with van der Waals surface area (Å²) in [6.45, 7) is 2.27. The Morgan fingerprint density at radius 2 is 1.71 bits per heavy atom. The van der Waals surface area contributed by atoms with Gasteiger partial charge in [0.25, 0.3) is 5.91 Å². The molecule has 0 N–H and O–H groups in total. The highest BCUT2D eigenvalue weighted by atomic mass is 16.5. The molecule has 1 aliphatic carbocycles. The summed E-state index contributed by atoms with van der Waals surface area (Å²) >= 11 is 0. The topological polar surface area (TPSA) is 84.0 Å². The third kappa shape index (κ3) is 4.35. The molecule has 7 heteroatoms. The second-order valence-electron chi connectivity index (χ2n) is 7.78. The van der Waals surface area contributed by atoms with Crippen LogP contribution in [0.15, 0.2) is 54.6 Å². The molecule has 1 atom stereocenters. The van der Waals surface area contributed by atoms with Crippen molar-refractivity contribution in [3.8, 4) is 0 Å². The second-order valence-corrected chi connectivity index (χ2v) is 7.78. The first-order valence-corrected chi connectivity index (χ1v) is 10.5. The minimum Gasteiger partial charge on any atom is -0.462 e. The van der Waals surface area contributed by atoms with Crippen molar-refractivity contribution >= 4 is 29.4 Å². The fourth-order valence-corrected chi connectivity index (χ4v) is 3.78. The summed E-state index contributed by atoms with van der Waals surface area (Å²) in [5, 5.41) is 0. The van der Waals surface area contributed by atoms with Gasteiger partial charge in [-0.2, -0.15) is 0 Å². The van der Waals surface area contributed by atoms with Crippen LogP contribution < -0.4 is 4.90 Å². The minimum absolute atomic E-state index is 0.0518. The normalized spacial score (nSPS) is 18.2. The smallest absolute Gasteiger partial charge is 0.338 e. The molecule has 2 aromatic carbocycles. The number of ether oxygens (including phenoxy) is 1. The summed E-state index contributed by atoms with van der Waals surface area (Å²) in [4.78, 5) is 53.5. The van der Waals surface area contributed by atoms with E-state index in [1.54, 1.807) is 24.0 Å². The Kier molecular flexibility index (Phi) is 5.84. The summed E-state index contributed by atoms with van der Waals surface area (Å²) in [7, 11) is 0. The third-order valence-electron chi connectivity index (χ3n) is 5.54. The van der Waals surface area contributed by atoms with E-state index in [1.165, 1.54) is 12.1 Å². The Balaban J connectivity index is 1.56. The number of hydrogen-bond acceptors (Lipinski definition) is 5. The fourth-order valence-electron chi connectivity index (χ4n) is 3.78. The maximum absolute atomic E-state index is 13.2. The molecule has 4 rings (SSSR count). The molecule has 1 aliphatic heterocycles. The molecule has 2 aliphatic rings. The van der Waals surface area contributed by atoms with Gasteiger partial charge in [-0.25, -0.2) is 9.69 Å². The number of carbonyl (C=O) groups is 4. The molecule has 0 radical (unpaired) electrons. The molecule has 7 nitrogen and oxygen atoms in total. The van der Waals surface area contributed by atoms with Gasteiger partial charge in [0, 0.05) is 12.5 Å². The van der Waals surface area contributed by atoms with Crippen LogP contribution in [-0.4, -0.2) is 41.2 Å². The number of carbonyl (C=O) groups excluding carboxylic acids is 4. The number of rotatable bonds is 7. The lowest BCUT2D eigenvalue weighted by atomic mass is 10.1. The molecule has 2 aromatic rings. The maximum atomic E-state index is 13.2. The van der Waals surface area contributed by atoms with Crippen LogP contribution in [0.25, 0.3) is 0 Å². The van der Waals surface area contributed by atoms with Gasteiger partial charge in [0.05, 0.1) is 24.3 Å². The quantitative estimate of drug-likeness (QED) is 0.508. The van der Waals surface area contributed by atoms with Crippen molar-refractivity contribution in [3.05, 3.63) is 65.7 Å². The van der Waals surface area contributed by atoms with Gasteiger partial charge in [-0.05, 0) is 49.6 Å². The monoisotopic (exact) mass is 420 g/mol. The van der Waals surface area contributed by atoms with E-state index < -0.39 is 17.9 Å². The first-order chi connectivity index (χ1) is 15.0. The Hall–Kier alpha value is -3.48. The highest BCUT2D eigenvalue weighted by Gasteiger charge is 2.46. The van der Waals surface area contributed by atoms with Gasteiger partial charge in [-0.1, -0.05) is 30.3 Å². The Morgan fingerprint density at radius 1 is 1.03 bits per heavy atom. The van der Waals surface area contributed by atoms with Crippen LogP contribution in [0.5, 0.6) is 0 Å². The Labute approximate surface area is 180 Å². The summed E-state index contributed by atoms with van der Waals surface area (Å²) in [6.07, 6.45) is 1.58. The lowest BCUT2D eigenvalue weighted by Gasteiger charge is -2.28. The molecule has 1 heterocycles. The first kappa shape index (κ1) is 20.8. The van der Waals surface area contributed by atoms with Gasteiger partial charge in [0.15, 0.2) is 0 Å². The maximum Gasteiger partial charge on any atom is 0.338 e. The molecule has 1 saturated carbocycles. The number of esters is 1. The Bertz CT molecular complexity index is 998. The van der Waals surface area contributed by atoms with E-state index in [1.807, 2.05) is 30.3 Å². The molecule has 1 saturated heterocycles. The first-order valence-electron chi connectivity index (χ1n) is 10.5. The van der Waals surface area contributed by atoms with Crippen LogP contribution in [0.1, 0.15) is 42.1 Å². The van der Waals surface area contributed by atoms with Crippen molar-refractivity contribution < 1.29 is 23.9 Å². The van der Waals surface area contributed by atoms with E-state index in [0.717, 1.165) is 23.3 Å². The lowest BCUT2D eigenvalue weighted by molar-refractivity contribution is -0.140. The summed E-state index contributed by atoms with van der Waals surface area (Å²) < 4.78 is 4.96. The van der Waals surface area contributed by atoms with E-state index in [-0.39, 0.29) is 37.3 Å². The van der Waals surface area contributed by atoms with Crippen LogP contribution in [-0.2, 0) is 25.7 Å². The number of amides is 3. The van der Waals surface area contributed by atoms with E-state index in [0.29, 0.717) is 11.3 Å². The summed E-state index contributed by atoms with van der Waals surface area (Å²) in [6, 6.07) is 14.8. The molecule has 2 fully saturated rings. The number of anilines is 1. The molecule has 3 amide bonds. The van der Waals surface area contributed by atoms with Gasteiger partial charge in [-0.3, -0.25) is 14.4 Å². The predicted octanol–water partition coefficient (Wildman–Crippen LogP) is 2.93. The molecule has 31 heavy (non-hydrogen) atoms. The number of nitrogens with zero attached hydrogens (tertiary/aromatic N) is 2. The summed E-state index contributed by atoms with van der Waals surface area (Å²) in [5.74, 6) is -1.38. The highest BCUT2D eigenvalue weighted by Crippen LogP contribution is 2.35. The van der Waals surface area contributed by atoms with Gasteiger partial charge in [0.2, 0.25) is 11.8 Å². The van der Waals surface area contributed by atoms with Crippen LogP contribution in [0.4, 0.5) is 5.69 Å². The van der Waals surface area contributed by atoms with E-state index in [4.69, 9.17) is 4.74 Å². The van der Waals surface area contributed by atoms with Crippen molar-refractivity contribution in [2.45, 2.75) is 38.8 Å². The molecular weight excluding hydrogens is 396 g/mol. The number of benzene rings is 2. The molecule has 1 unspecified atom stereocenters. The van der Waals surface area contributed by atoms with Crippen molar-refractivity contribution in [2.24, 2.45) is 5.92 Å². The predicted molar refractivity (Wildman–Crippen MR) is 113 cm³/mol. The van der Waals surface area contributed by atoms with E-state index in [9.17, 15) is 19.2 Å². The zero-order valence-electron chi connectivity index (χ0n) is 17.3.